The zero-order valence-electron chi connectivity index (χ0n) is 10.2. The molecule has 0 saturated heterocycles. The molecular formula is C14H12BrClN2O. The maximum absolute atomic E-state index is 11.9. The van der Waals surface area contributed by atoms with Crippen LogP contribution in [-0.4, -0.2) is 6.03 Å². The first-order valence-electron chi connectivity index (χ1n) is 5.65. The summed E-state index contributed by atoms with van der Waals surface area (Å²) in [5.74, 6) is 0. The van der Waals surface area contributed by atoms with E-state index in [1.807, 2.05) is 25.1 Å². The van der Waals surface area contributed by atoms with Crippen molar-refractivity contribution in [3.8, 4) is 0 Å². The van der Waals surface area contributed by atoms with Crippen LogP contribution in [0.3, 0.4) is 0 Å². The van der Waals surface area contributed by atoms with Crippen molar-refractivity contribution in [2.75, 3.05) is 10.6 Å². The molecule has 0 aromatic heterocycles. The molecule has 0 saturated carbocycles. The van der Waals surface area contributed by atoms with Gasteiger partial charge in [0.1, 0.15) is 0 Å². The van der Waals surface area contributed by atoms with E-state index >= 15 is 0 Å². The molecule has 0 aliphatic heterocycles. The average molecular weight is 340 g/mol. The Morgan fingerprint density at radius 1 is 1.16 bits per heavy atom. The van der Waals surface area contributed by atoms with Crippen LogP contribution in [0.15, 0.2) is 46.9 Å². The molecule has 0 aliphatic carbocycles. The van der Waals surface area contributed by atoms with Crippen molar-refractivity contribution in [3.05, 3.63) is 57.5 Å². The van der Waals surface area contributed by atoms with Gasteiger partial charge in [0.25, 0.3) is 0 Å². The number of anilines is 2. The summed E-state index contributed by atoms with van der Waals surface area (Å²) in [6.45, 7) is 1.93. The maximum atomic E-state index is 11.9. The minimum absolute atomic E-state index is 0.302. The highest BCUT2D eigenvalue weighted by atomic mass is 79.9. The molecule has 0 atom stereocenters. The zero-order valence-corrected chi connectivity index (χ0v) is 12.5. The van der Waals surface area contributed by atoms with Gasteiger partial charge in [0.2, 0.25) is 0 Å². The first kappa shape index (κ1) is 13.9. The summed E-state index contributed by atoms with van der Waals surface area (Å²) in [7, 11) is 0. The molecular weight excluding hydrogens is 328 g/mol. The summed E-state index contributed by atoms with van der Waals surface area (Å²) >= 11 is 9.28. The van der Waals surface area contributed by atoms with E-state index in [2.05, 4.69) is 26.6 Å². The Morgan fingerprint density at radius 2 is 1.89 bits per heavy atom. The summed E-state index contributed by atoms with van der Waals surface area (Å²) in [6, 6.07) is 12.3. The van der Waals surface area contributed by atoms with E-state index in [4.69, 9.17) is 11.6 Å². The van der Waals surface area contributed by atoms with Gasteiger partial charge in [-0.25, -0.2) is 4.79 Å². The fourth-order valence-corrected chi connectivity index (χ4v) is 2.15. The highest BCUT2D eigenvalue weighted by molar-refractivity contribution is 9.10. The predicted octanol–water partition coefficient (Wildman–Crippen LogP) is 5.05. The van der Waals surface area contributed by atoms with Gasteiger partial charge in [-0.05, 0) is 42.8 Å². The molecule has 0 spiro atoms. The molecule has 2 aromatic carbocycles. The van der Waals surface area contributed by atoms with Crippen molar-refractivity contribution in [2.24, 2.45) is 0 Å². The van der Waals surface area contributed by atoms with Gasteiger partial charge in [0.05, 0.1) is 0 Å². The van der Waals surface area contributed by atoms with Gasteiger partial charge < -0.3 is 10.6 Å². The average Bonchev–Trinajstić information content (AvgIpc) is 2.35. The normalized spacial score (nSPS) is 10.1. The number of urea groups is 1. The molecule has 2 amide bonds. The van der Waals surface area contributed by atoms with Crippen molar-refractivity contribution < 1.29 is 4.79 Å². The number of amides is 2. The topological polar surface area (TPSA) is 41.1 Å². The van der Waals surface area contributed by atoms with E-state index in [1.165, 1.54) is 0 Å². The van der Waals surface area contributed by atoms with Gasteiger partial charge in [-0.3, -0.25) is 0 Å². The van der Waals surface area contributed by atoms with Crippen LogP contribution in [0.25, 0.3) is 0 Å². The molecule has 2 aromatic rings. The van der Waals surface area contributed by atoms with Gasteiger partial charge in [-0.1, -0.05) is 39.7 Å². The lowest BCUT2D eigenvalue weighted by molar-refractivity contribution is 0.262. The Balaban J connectivity index is 2.08. The smallest absolute Gasteiger partial charge is 0.308 e. The molecule has 0 radical (unpaired) electrons. The SMILES string of the molecule is Cc1c(Br)cccc1NC(=O)Nc1cccc(Cl)c1. The molecule has 0 bridgehead atoms. The van der Waals surface area contributed by atoms with Crippen molar-refractivity contribution >= 4 is 44.9 Å². The molecule has 2 rings (SSSR count). The number of halogens is 2. The Morgan fingerprint density at radius 3 is 2.63 bits per heavy atom. The van der Waals surface area contributed by atoms with E-state index in [-0.39, 0.29) is 6.03 Å². The first-order valence-corrected chi connectivity index (χ1v) is 6.82. The molecule has 98 valence electrons. The minimum atomic E-state index is -0.302. The standard InChI is InChI=1S/C14H12BrClN2O/c1-9-12(15)6-3-7-13(9)18-14(19)17-11-5-2-4-10(16)8-11/h2-8H,1H3,(H2,17,18,19). The Labute approximate surface area is 125 Å². The van der Waals surface area contributed by atoms with Crippen LogP contribution in [0.1, 0.15) is 5.56 Å². The van der Waals surface area contributed by atoms with Crippen LogP contribution in [-0.2, 0) is 0 Å². The van der Waals surface area contributed by atoms with Gasteiger partial charge in [-0.2, -0.15) is 0 Å². The van der Waals surface area contributed by atoms with Gasteiger partial charge in [-0.15, -0.1) is 0 Å². The van der Waals surface area contributed by atoms with E-state index in [9.17, 15) is 4.79 Å². The van der Waals surface area contributed by atoms with Crippen molar-refractivity contribution in [3.63, 3.8) is 0 Å². The third kappa shape index (κ3) is 3.72. The number of nitrogens with one attached hydrogen (secondary N) is 2. The van der Waals surface area contributed by atoms with Crippen LogP contribution in [0.2, 0.25) is 5.02 Å². The Bertz CT molecular complexity index is 616. The van der Waals surface area contributed by atoms with Crippen LogP contribution < -0.4 is 10.6 Å². The molecule has 5 heteroatoms. The van der Waals surface area contributed by atoms with Crippen LogP contribution >= 0.6 is 27.5 Å². The van der Waals surface area contributed by atoms with Crippen LogP contribution in [0, 0.1) is 6.92 Å². The van der Waals surface area contributed by atoms with Crippen LogP contribution in [0.5, 0.6) is 0 Å². The summed E-state index contributed by atoms with van der Waals surface area (Å²) in [5.41, 5.74) is 2.38. The van der Waals surface area contributed by atoms with Crippen molar-refractivity contribution in [1.82, 2.24) is 0 Å². The maximum Gasteiger partial charge on any atom is 0.323 e. The lowest BCUT2D eigenvalue weighted by Gasteiger charge is -2.11. The quantitative estimate of drug-likeness (QED) is 0.789. The molecule has 19 heavy (non-hydrogen) atoms. The zero-order chi connectivity index (χ0) is 13.8. The largest absolute Gasteiger partial charge is 0.323 e. The lowest BCUT2D eigenvalue weighted by Crippen LogP contribution is -2.19. The third-order valence-electron chi connectivity index (χ3n) is 2.60. The molecule has 0 fully saturated rings. The highest BCUT2D eigenvalue weighted by Gasteiger charge is 2.06. The van der Waals surface area contributed by atoms with E-state index in [0.29, 0.717) is 10.7 Å². The second-order valence-electron chi connectivity index (χ2n) is 4.00. The van der Waals surface area contributed by atoms with Crippen LogP contribution in [0.4, 0.5) is 16.2 Å². The molecule has 0 heterocycles. The number of hydrogen-bond donors (Lipinski definition) is 2. The first-order chi connectivity index (χ1) is 9.06. The fraction of sp³-hybridized carbons (Fsp3) is 0.0714. The third-order valence-corrected chi connectivity index (χ3v) is 3.69. The van der Waals surface area contributed by atoms with Crippen molar-refractivity contribution in [1.29, 1.82) is 0 Å². The number of rotatable bonds is 2. The molecule has 0 aliphatic rings. The number of hydrogen-bond acceptors (Lipinski definition) is 1. The van der Waals surface area contributed by atoms with E-state index in [1.54, 1.807) is 24.3 Å². The van der Waals surface area contributed by atoms with Gasteiger partial charge >= 0.3 is 6.03 Å². The Kier molecular flexibility index (Phi) is 4.45. The van der Waals surface area contributed by atoms with Crippen molar-refractivity contribution in [2.45, 2.75) is 6.92 Å². The molecule has 3 nitrogen and oxygen atoms in total. The van der Waals surface area contributed by atoms with E-state index < -0.39 is 0 Å². The lowest BCUT2D eigenvalue weighted by atomic mass is 10.2. The van der Waals surface area contributed by atoms with E-state index in [0.717, 1.165) is 15.7 Å². The second-order valence-corrected chi connectivity index (χ2v) is 5.29. The Hall–Kier alpha value is -1.52. The fourth-order valence-electron chi connectivity index (χ4n) is 1.59. The number of carbonyl (C=O) groups excluding carboxylic acids is 1. The molecule has 2 N–H and O–H groups in total. The molecule has 0 unspecified atom stereocenters. The monoisotopic (exact) mass is 338 g/mol. The summed E-state index contributed by atoms with van der Waals surface area (Å²) in [4.78, 5) is 11.9. The summed E-state index contributed by atoms with van der Waals surface area (Å²) < 4.78 is 0.952. The summed E-state index contributed by atoms with van der Waals surface area (Å²) in [6.07, 6.45) is 0. The second kappa shape index (κ2) is 6.08. The number of benzene rings is 2. The van der Waals surface area contributed by atoms with Gasteiger partial charge in [0, 0.05) is 20.9 Å². The summed E-state index contributed by atoms with van der Waals surface area (Å²) in [5, 5.41) is 6.10. The predicted molar refractivity (Wildman–Crippen MR) is 83.0 cm³/mol. The highest BCUT2D eigenvalue weighted by Crippen LogP contribution is 2.23. The minimum Gasteiger partial charge on any atom is -0.308 e. The van der Waals surface area contributed by atoms with Gasteiger partial charge in [0.15, 0.2) is 0 Å². The number of carbonyl (C=O) groups is 1.